The van der Waals surface area contributed by atoms with Crippen LogP contribution < -0.4 is 10.1 Å². The summed E-state index contributed by atoms with van der Waals surface area (Å²) in [5.41, 5.74) is 0.887. The molecule has 0 aliphatic rings. The third-order valence-corrected chi connectivity index (χ3v) is 5.34. The van der Waals surface area contributed by atoms with Gasteiger partial charge in [-0.3, -0.25) is 14.5 Å². The van der Waals surface area contributed by atoms with Crippen LogP contribution in [0.4, 0.5) is 5.13 Å². The van der Waals surface area contributed by atoms with Gasteiger partial charge >= 0.3 is 0 Å². The van der Waals surface area contributed by atoms with Crippen molar-refractivity contribution in [2.45, 2.75) is 39.2 Å². The molecule has 28 heavy (non-hydrogen) atoms. The third kappa shape index (κ3) is 5.02. The van der Waals surface area contributed by atoms with Gasteiger partial charge in [0.2, 0.25) is 11.0 Å². The molecular formula is C18H22N6O2S2. The highest BCUT2D eigenvalue weighted by molar-refractivity contribution is 7.71. The number of aromatic nitrogens is 5. The number of hydrogen-bond donors (Lipinski definition) is 2. The van der Waals surface area contributed by atoms with Crippen molar-refractivity contribution in [1.82, 2.24) is 25.0 Å². The van der Waals surface area contributed by atoms with Crippen molar-refractivity contribution in [1.29, 1.82) is 0 Å². The van der Waals surface area contributed by atoms with Gasteiger partial charge in [0.05, 0.1) is 7.11 Å². The average Bonchev–Trinajstić information content (AvgIpc) is 3.31. The normalized spacial score (nSPS) is 10.8. The van der Waals surface area contributed by atoms with Crippen LogP contribution in [0.3, 0.4) is 0 Å². The molecule has 2 N–H and O–H groups in total. The molecule has 0 saturated heterocycles. The molecule has 2 aromatic heterocycles. The SMILES string of the molecule is CCCCc1nnc(NC(=O)CCn2c(-c3ccc(OC)cc3)n[nH]c2=S)s1. The lowest BCUT2D eigenvalue weighted by Crippen LogP contribution is -2.15. The largest absolute Gasteiger partial charge is 0.497 e. The first-order valence-electron chi connectivity index (χ1n) is 9.02. The second kappa shape index (κ2) is 9.56. The number of carbonyl (C=O) groups excluding carboxylic acids is 1. The molecule has 1 aromatic carbocycles. The highest BCUT2D eigenvalue weighted by atomic mass is 32.1. The fourth-order valence-electron chi connectivity index (χ4n) is 2.61. The molecule has 0 fully saturated rings. The molecule has 3 rings (SSSR count). The van der Waals surface area contributed by atoms with E-state index >= 15 is 0 Å². The second-order valence-corrected chi connectivity index (χ2v) is 7.58. The average molecular weight is 419 g/mol. The van der Waals surface area contributed by atoms with Crippen molar-refractivity contribution >= 4 is 34.6 Å². The van der Waals surface area contributed by atoms with Crippen LogP contribution in [0.2, 0.25) is 0 Å². The summed E-state index contributed by atoms with van der Waals surface area (Å²) in [6.45, 7) is 2.54. The van der Waals surface area contributed by atoms with E-state index in [2.05, 4.69) is 32.6 Å². The number of anilines is 1. The molecular weight excluding hydrogens is 396 g/mol. The summed E-state index contributed by atoms with van der Waals surface area (Å²) in [6.07, 6.45) is 3.30. The number of H-pyrrole nitrogens is 1. The summed E-state index contributed by atoms with van der Waals surface area (Å²) in [5, 5.41) is 19.5. The number of unbranched alkanes of at least 4 members (excludes halogenated alkanes) is 1. The fourth-order valence-corrected chi connectivity index (χ4v) is 3.64. The quantitative estimate of drug-likeness (QED) is 0.513. The first-order valence-corrected chi connectivity index (χ1v) is 10.2. The predicted octanol–water partition coefficient (Wildman–Crippen LogP) is 3.84. The van der Waals surface area contributed by atoms with Crippen LogP contribution in [0.1, 0.15) is 31.2 Å². The highest BCUT2D eigenvalue weighted by Gasteiger charge is 2.12. The van der Waals surface area contributed by atoms with Crippen LogP contribution in [-0.4, -0.2) is 38.0 Å². The Labute approximate surface area is 172 Å². The van der Waals surface area contributed by atoms with Crippen molar-refractivity contribution in [3.63, 3.8) is 0 Å². The molecule has 1 amide bonds. The molecule has 10 heteroatoms. The van der Waals surface area contributed by atoms with E-state index < -0.39 is 0 Å². The van der Waals surface area contributed by atoms with Crippen LogP contribution >= 0.6 is 23.6 Å². The predicted molar refractivity (Wildman–Crippen MR) is 111 cm³/mol. The standard InChI is InChI=1S/C18H22N6O2S2/c1-3-4-5-15-20-22-17(28-15)19-14(25)10-11-24-16(21-23-18(24)27)12-6-8-13(26-2)9-7-12/h6-9H,3-5,10-11H2,1-2H3,(H,23,27)(H,19,22,25). The highest BCUT2D eigenvalue weighted by Crippen LogP contribution is 2.21. The monoisotopic (exact) mass is 418 g/mol. The van der Waals surface area contributed by atoms with E-state index in [4.69, 9.17) is 17.0 Å². The minimum absolute atomic E-state index is 0.137. The van der Waals surface area contributed by atoms with Crippen molar-refractivity contribution in [2.24, 2.45) is 0 Å². The minimum atomic E-state index is -0.137. The number of carbonyl (C=O) groups is 1. The summed E-state index contributed by atoms with van der Waals surface area (Å²) < 4.78 is 7.46. The number of hydrogen-bond acceptors (Lipinski definition) is 7. The third-order valence-electron chi connectivity index (χ3n) is 4.13. The molecule has 0 aliphatic carbocycles. The molecule has 0 aliphatic heterocycles. The number of nitrogens with zero attached hydrogens (tertiary/aromatic N) is 4. The van der Waals surface area contributed by atoms with Crippen LogP contribution in [0.25, 0.3) is 11.4 Å². The van der Waals surface area contributed by atoms with E-state index in [1.807, 2.05) is 28.8 Å². The van der Waals surface area contributed by atoms with Gasteiger partial charge in [0.15, 0.2) is 10.6 Å². The molecule has 0 unspecified atom stereocenters. The van der Waals surface area contributed by atoms with E-state index in [1.165, 1.54) is 11.3 Å². The number of aryl methyl sites for hydroxylation is 1. The smallest absolute Gasteiger partial charge is 0.227 e. The lowest BCUT2D eigenvalue weighted by molar-refractivity contribution is -0.116. The lowest BCUT2D eigenvalue weighted by atomic mass is 10.2. The molecule has 0 spiro atoms. The molecule has 0 radical (unpaired) electrons. The number of ether oxygens (including phenoxy) is 1. The molecule has 3 aromatic rings. The van der Waals surface area contributed by atoms with Crippen LogP contribution in [-0.2, 0) is 17.8 Å². The maximum absolute atomic E-state index is 12.3. The van der Waals surface area contributed by atoms with Crippen molar-refractivity contribution in [3.05, 3.63) is 34.0 Å². The number of rotatable bonds is 9. The Bertz CT molecular complexity index is 977. The van der Waals surface area contributed by atoms with Crippen LogP contribution in [0.15, 0.2) is 24.3 Å². The summed E-state index contributed by atoms with van der Waals surface area (Å²) >= 11 is 6.73. The van der Waals surface area contributed by atoms with Gasteiger partial charge in [-0.25, -0.2) is 0 Å². The van der Waals surface area contributed by atoms with Gasteiger partial charge < -0.3 is 10.1 Å². The lowest BCUT2D eigenvalue weighted by Gasteiger charge is -2.07. The molecule has 0 saturated carbocycles. The maximum atomic E-state index is 12.3. The van der Waals surface area contributed by atoms with Crippen molar-refractivity contribution < 1.29 is 9.53 Å². The van der Waals surface area contributed by atoms with E-state index in [0.29, 0.717) is 22.3 Å². The summed E-state index contributed by atoms with van der Waals surface area (Å²) in [6, 6.07) is 7.52. The summed E-state index contributed by atoms with van der Waals surface area (Å²) in [5.74, 6) is 1.30. The van der Waals surface area contributed by atoms with Gasteiger partial charge in [0.25, 0.3) is 0 Å². The van der Waals surface area contributed by atoms with Gasteiger partial charge in [-0.15, -0.1) is 10.2 Å². The zero-order chi connectivity index (χ0) is 19.9. The Morgan fingerprint density at radius 3 is 2.82 bits per heavy atom. The Kier molecular flexibility index (Phi) is 6.88. The van der Waals surface area contributed by atoms with Crippen molar-refractivity contribution in [2.75, 3.05) is 12.4 Å². The number of methoxy groups -OCH3 is 1. The Morgan fingerprint density at radius 2 is 2.11 bits per heavy atom. The van der Waals surface area contributed by atoms with Gasteiger partial charge in [-0.1, -0.05) is 24.7 Å². The first kappa shape index (κ1) is 20.2. The summed E-state index contributed by atoms with van der Waals surface area (Å²) in [4.78, 5) is 12.3. The van der Waals surface area contributed by atoms with Gasteiger partial charge in [0.1, 0.15) is 10.8 Å². The number of aromatic amines is 1. The minimum Gasteiger partial charge on any atom is -0.497 e. The number of nitrogens with one attached hydrogen (secondary N) is 2. The van der Waals surface area contributed by atoms with Gasteiger partial charge in [-0.2, -0.15) is 5.10 Å². The zero-order valence-electron chi connectivity index (χ0n) is 15.8. The molecule has 8 nitrogen and oxygen atoms in total. The van der Waals surface area contributed by atoms with Crippen LogP contribution in [0.5, 0.6) is 5.75 Å². The van der Waals surface area contributed by atoms with Gasteiger partial charge in [0, 0.05) is 24.9 Å². The summed E-state index contributed by atoms with van der Waals surface area (Å²) in [7, 11) is 1.62. The Morgan fingerprint density at radius 1 is 1.32 bits per heavy atom. The van der Waals surface area contributed by atoms with Gasteiger partial charge in [-0.05, 0) is 42.9 Å². The van der Waals surface area contributed by atoms with E-state index in [9.17, 15) is 4.79 Å². The molecule has 0 bridgehead atoms. The number of benzene rings is 1. The van der Waals surface area contributed by atoms with Crippen molar-refractivity contribution in [3.8, 4) is 17.1 Å². The molecule has 148 valence electrons. The van der Waals surface area contributed by atoms with E-state index in [0.717, 1.165) is 35.6 Å². The topological polar surface area (TPSA) is 97.7 Å². The molecule has 0 atom stereocenters. The number of amides is 1. The first-order chi connectivity index (χ1) is 13.6. The van der Waals surface area contributed by atoms with E-state index in [1.54, 1.807) is 7.11 Å². The maximum Gasteiger partial charge on any atom is 0.227 e. The second-order valence-electron chi connectivity index (χ2n) is 6.14. The van der Waals surface area contributed by atoms with E-state index in [-0.39, 0.29) is 12.3 Å². The van der Waals surface area contributed by atoms with Crippen LogP contribution in [0, 0.1) is 4.77 Å². The fraction of sp³-hybridized carbons (Fsp3) is 0.389. The molecule has 2 heterocycles. The Balaban J connectivity index is 1.62. The Hall–Kier alpha value is -2.59. The zero-order valence-corrected chi connectivity index (χ0v) is 17.4.